The van der Waals surface area contributed by atoms with Crippen molar-refractivity contribution in [3.8, 4) is 0 Å². The summed E-state index contributed by atoms with van der Waals surface area (Å²) in [6.45, 7) is 4.14. The second-order valence-electron chi connectivity index (χ2n) is 4.00. The lowest BCUT2D eigenvalue weighted by Gasteiger charge is -2.09. The van der Waals surface area contributed by atoms with Crippen LogP contribution >= 0.6 is 0 Å². The Bertz CT molecular complexity index is 469. The maximum atomic E-state index is 11.9. The molecule has 0 spiro atoms. The lowest BCUT2D eigenvalue weighted by molar-refractivity contribution is 0.280. The third-order valence-electron chi connectivity index (χ3n) is 2.62. The smallest absolute Gasteiger partial charge is 0.240 e. The topological polar surface area (TPSA) is 66.4 Å². The highest BCUT2D eigenvalue weighted by Gasteiger charge is 2.14. The third kappa shape index (κ3) is 3.80. The van der Waals surface area contributed by atoms with Crippen LogP contribution < -0.4 is 4.72 Å². The predicted molar refractivity (Wildman–Crippen MR) is 67.2 cm³/mol. The number of hydrogen-bond acceptors (Lipinski definition) is 3. The first-order valence-corrected chi connectivity index (χ1v) is 7.19. The molecular weight excluding hydrogens is 238 g/mol. The van der Waals surface area contributed by atoms with Crippen LogP contribution in [0.15, 0.2) is 23.1 Å². The van der Waals surface area contributed by atoms with E-state index >= 15 is 0 Å². The molecule has 0 unspecified atom stereocenters. The van der Waals surface area contributed by atoms with Crippen molar-refractivity contribution < 1.29 is 13.5 Å². The molecule has 0 aliphatic carbocycles. The van der Waals surface area contributed by atoms with Crippen molar-refractivity contribution in [3.05, 3.63) is 29.3 Å². The highest BCUT2D eigenvalue weighted by Crippen LogP contribution is 2.15. The Morgan fingerprint density at radius 3 is 2.65 bits per heavy atom. The number of aliphatic hydroxyl groups excluding tert-OH is 1. The largest absolute Gasteiger partial charge is 0.392 e. The molecule has 0 saturated carbocycles. The minimum atomic E-state index is -3.44. The van der Waals surface area contributed by atoms with Crippen LogP contribution in [0.4, 0.5) is 0 Å². The number of unbranched alkanes of at least 4 members (excludes halogenated alkanes) is 1. The summed E-state index contributed by atoms with van der Waals surface area (Å²) in [5.74, 6) is 0. The summed E-state index contributed by atoms with van der Waals surface area (Å²) in [5.41, 5.74) is 1.53. The zero-order chi connectivity index (χ0) is 12.9. The molecule has 96 valence electrons. The summed E-state index contributed by atoms with van der Waals surface area (Å²) in [6.07, 6.45) is 1.76. The van der Waals surface area contributed by atoms with Gasteiger partial charge in [-0.1, -0.05) is 19.4 Å². The van der Waals surface area contributed by atoms with Gasteiger partial charge in [0, 0.05) is 6.54 Å². The molecule has 1 aromatic rings. The van der Waals surface area contributed by atoms with Gasteiger partial charge in [-0.05, 0) is 36.6 Å². The van der Waals surface area contributed by atoms with E-state index in [2.05, 4.69) is 4.72 Å². The van der Waals surface area contributed by atoms with E-state index in [0.29, 0.717) is 12.1 Å². The molecule has 0 aliphatic rings. The van der Waals surface area contributed by atoms with Crippen LogP contribution in [-0.2, 0) is 16.6 Å². The van der Waals surface area contributed by atoms with Crippen LogP contribution in [0.25, 0.3) is 0 Å². The fourth-order valence-corrected chi connectivity index (χ4v) is 2.58. The number of rotatable bonds is 6. The van der Waals surface area contributed by atoms with E-state index in [1.165, 1.54) is 6.07 Å². The first-order valence-electron chi connectivity index (χ1n) is 5.71. The highest BCUT2D eigenvalue weighted by molar-refractivity contribution is 7.89. The van der Waals surface area contributed by atoms with Gasteiger partial charge >= 0.3 is 0 Å². The Morgan fingerprint density at radius 1 is 1.35 bits per heavy atom. The summed E-state index contributed by atoms with van der Waals surface area (Å²) in [6, 6.07) is 4.78. The predicted octanol–water partition coefficient (Wildman–Crippen LogP) is 1.57. The van der Waals surface area contributed by atoms with Gasteiger partial charge in [0.1, 0.15) is 0 Å². The number of nitrogens with one attached hydrogen (secondary N) is 1. The van der Waals surface area contributed by atoms with Gasteiger partial charge in [-0.15, -0.1) is 0 Å². The van der Waals surface area contributed by atoms with E-state index in [9.17, 15) is 8.42 Å². The van der Waals surface area contributed by atoms with Crippen molar-refractivity contribution in [3.63, 3.8) is 0 Å². The summed E-state index contributed by atoms with van der Waals surface area (Å²) >= 11 is 0. The van der Waals surface area contributed by atoms with Crippen LogP contribution in [0.5, 0.6) is 0 Å². The van der Waals surface area contributed by atoms with Gasteiger partial charge in [0.25, 0.3) is 0 Å². The van der Waals surface area contributed by atoms with E-state index < -0.39 is 10.0 Å². The zero-order valence-electron chi connectivity index (χ0n) is 10.2. The second-order valence-corrected chi connectivity index (χ2v) is 5.76. The lowest BCUT2D eigenvalue weighted by atomic mass is 10.1. The standard InChI is InChI=1S/C12H19NO3S/c1-3-4-7-13-17(15,16)12-6-5-10(2)11(8-12)9-14/h5-6,8,13-14H,3-4,7,9H2,1-2H3. The molecule has 0 saturated heterocycles. The highest BCUT2D eigenvalue weighted by atomic mass is 32.2. The third-order valence-corrected chi connectivity index (χ3v) is 4.08. The summed E-state index contributed by atoms with van der Waals surface area (Å²) in [4.78, 5) is 0.211. The number of hydrogen-bond donors (Lipinski definition) is 2. The molecule has 1 rings (SSSR count). The zero-order valence-corrected chi connectivity index (χ0v) is 11.0. The van der Waals surface area contributed by atoms with E-state index in [1.807, 2.05) is 13.8 Å². The van der Waals surface area contributed by atoms with Crippen molar-refractivity contribution in [2.75, 3.05) is 6.54 Å². The van der Waals surface area contributed by atoms with Crippen molar-refractivity contribution in [1.82, 2.24) is 4.72 Å². The molecule has 0 heterocycles. The first-order chi connectivity index (χ1) is 8.01. The molecule has 1 aromatic carbocycles. The number of benzene rings is 1. The van der Waals surface area contributed by atoms with E-state index in [-0.39, 0.29) is 11.5 Å². The molecule has 2 N–H and O–H groups in total. The number of aliphatic hydroxyl groups is 1. The Hall–Kier alpha value is -0.910. The number of sulfonamides is 1. The quantitative estimate of drug-likeness (QED) is 0.760. The molecule has 0 atom stereocenters. The van der Waals surface area contributed by atoms with Gasteiger partial charge in [0.05, 0.1) is 11.5 Å². The van der Waals surface area contributed by atoms with Crippen LogP contribution in [0.2, 0.25) is 0 Å². The van der Waals surface area contributed by atoms with E-state index in [1.54, 1.807) is 12.1 Å². The first kappa shape index (κ1) is 14.2. The molecule has 0 bridgehead atoms. The molecule has 5 heteroatoms. The maximum absolute atomic E-state index is 11.9. The van der Waals surface area contributed by atoms with Crippen molar-refractivity contribution in [1.29, 1.82) is 0 Å². The molecule has 0 aromatic heterocycles. The summed E-state index contributed by atoms with van der Waals surface area (Å²) in [5, 5.41) is 9.11. The minimum Gasteiger partial charge on any atom is -0.392 e. The van der Waals surface area contributed by atoms with Crippen LogP contribution in [0.1, 0.15) is 30.9 Å². The molecule has 17 heavy (non-hydrogen) atoms. The lowest BCUT2D eigenvalue weighted by Crippen LogP contribution is -2.24. The maximum Gasteiger partial charge on any atom is 0.240 e. The molecule has 0 radical (unpaired) electrons. The second kappa shape index (κ2) is 6.14. The van der Waals surface area contributed by atoms with E-state index in [4.69, 9.17) is 5.11 Å². The molecule has 0 amide bonds. The van der Waals surface area contributed by atoms with Crippen LogP contribution in [0, 0.1) is 6.92 Å². The Balaban J connectivity index is 2.91. The fourth-order valence-electron chi connectivity index (χ4n) is 1.45. The Kier molecular flexibility index (Phi) is 5.11. The Morgan fingerprint density at radius 2 is 2.06 bits per heavy atom. The molecule has 0 aliphatic heterocycles. The average molecular weight is 257 g/mol. The van der Waals surface area contributed by atoms with Crippen molar-refractivity contribution >= 4 is 10.0 Å². The fraction of sp³-hybridized carbons (Fsp3) is 0.500. The van der Waals surface area contributed by atoms with Gasteiger partial charge < -0.3 is 5.11 Å². The number of aryl methyl sites for hydroxylation is 1. The van der Waals surface area contributed by atoms with Crippen LogP contribution in [0.3, 0.4) is 0 Å². The average Bonchev–Trinajstić information content (AvgIpc) is 2.29. The van der Waals surface area contributed by atoms with E-state index in [0.717, 1.165) is 18.4 Å². The molecule has 0 fully saturated rings. The summed E-state index contributed by atoms with van der Waals surface area (Å²) < 4.78 is 26.3. The SMILES string of the molecule is CCCCNS(=O)(=O)c1ccc(C)c(CO)c1. The molecular formula is C12H19NO3S. The normalized spacial score (nSPS) is 11.7. The van der Waals surface area contributed by atoms with Gasteiger partial charge in [0.2, 0.25) is 10.0 Å². The van der Waals surface area contributed by atoms with Crippen LogP contribution in [-0.4, -0.2) is 20.1 Å². The Labute approximate surface area is 103 Å². The van der Waals surface area contributed by atoms with Crippen molar-refractivity contribution in [2.45, 2.75) is 38.2 Å². The summed E-state index contributed by atoms with van der Waals surface area (Å²) in [7, 11) is -3.44. The van der Waals surface area contributed by atoms with Gasteiger partial charge in [-0.25, -0.2) is 13.1 Å². The van der Waals surface area contributed by atoms with Gasteiger partial charge in [-0.3, -0.25) is 0 Å². The minimum absolute atomic E-state index is 0.149. The van der Waals surface area contributed by atoms with Gasteiger partial charge in [0.15, 0.2) is 0 Å². The van der Waals surface area contributed by atoms with Gasteiger partial charge in [-0.2, -0.15) is 0 Å². The van der Waals surface area contributed by atoms with Crippen molar-refractivity contribution in [2.24, 2.45) is 0 Å². The monoisotopic (exact) mass is 257 g/mol. The molecule has 4 nitrogen and oxygen atoms in total.